The van der Waals surface area contributed by atoms with Crippen molar-refractivity contribution >= 4 is 17.8 Å². The summed E-state index contributed by atoms with van der Waals surface area (Å²) < 4.78 is 0. The van der Waals surface area contributed by atoms with Gasteiger partial charge in [0.1, 0.15) is 0 Å². The molecule has 0 aromatic heterocycles. The summed E-state index contributed by atoms with van der Waals surface area (Å²) in [6.45, 7) is 3.52. The number of fused-ring (bicyclic) bond motifs is 1. The maximum atomic E-state index is 12.4. The zero-order chi connectivity index (χ0) is 19.2. The third-order valence-corrected chi connectivity index (χ3v) is 4.68. The van der Waals surface area contributed by atoms with Gasteiger partial charge in [-0.15, -0.1) is 0 Å². The molecule has 0 aliphatic carbocycles. The summed E-state index contributed by atoms with van der Waals surface area (Å²) in [5.41, 5.74) is 3.47. The van der Waals surface area contributed by atoms with Crippen molar-refractivity contribution in [1.82, 2.24) is 15.5 Å². The Morgan fingerprint density at radius 1 is 0.926 bits per heavy atom. The van der Waals surface area contributed by atoms with Crippen LogP contribution in [-0.2, 0) is 13.0 Å². The SMILES string of the molecule is CCc1ccccc1CNC(=NC)NCCN1C(=O)c2ccccc2C1=O. The average Bonchev–Trinajstić information content (AvgIpc) is 2.95. The highest BCUT2D eigenvalue weighted by atomic mass is 16.2. The minimum absolute atomic E-state index is 0.239. The summed E-state index contributed by atoms with van der Waals surface area (Å²) in [7, 11) is 1.70. The minimum Gasteiger partial charge on any atom is -0.355 e. The monoisotopic (exact) mass is 364 g/mol. The summed E-state index contributed by atoms with van der Waals surface area (Å²) >= 11 is 0. The van der Waals surface area contributed by atoms with Gasteiger partial charge < -0.3 is 10.6 Å². The van der Waals surface area contributed by atoms with Crippen LogP contribution in [0.5, 0.6) is 0 Å². The predicted molar refractivity (Wildman–Crippen MR) is 106 cm³/mol. The van der Waals surface area contributed by atoms with E-state index < -0.39 is 0 Å². The highest BCUT2D eigenvalue weighted by Crippen LogP contribution is 2.21. The van der Waals surface area contributed by atoms with Crippen molar-refractivity contribution in [3.63, 3.8) is 0 Å². The van der Waals surface area contributed by atoms with Crippen LogP contribution in [0, 0.1) is 0 Å². The van der Waals surface area contributed by atoms with Crippen LogP contribution < -0.4 is 10.6 Å². The van der Waals surface area contributed by atoms with Crippen molar-refractivity contribution in [1.29, 1.82) is 0 Å². The van der Waals surface area contributed by atoms with E-state index in [9.17, 15) is 9.59 Å². The fourth-order valence-electron chi connectivity index (χ4n) is 3.20. The Morgan fingerprint density at radius 2 is 1.52 bits per heavy atom. The van der Waals surface area contributed by atoms with Crippen molar-refractivity contribution in [3.05, 3.63) is 70.8 Å². The van der Waals surface area contributed by atoms with E-state index in [2.05, 4.69) is 34.7 Å². The molecule has 2 aromatic rings. The Kier molecular flexibility index (Phi) is 5.86. The zero-order valence-electron chi connectivity index (χ0n) is 15.7. The van der Waals surface area contributed by atoms with E-state index in [1.54, 1.807) is 31.3 Å². The molecule has 1 aliphatic rings. The van der Waals surface area contributed by atoms with E-state index in [-0.39, 0.29) is 11.8 Å². The van der Waals surface area contributed by atoms with Crippen LogP contribution in [-0.4, -0.2) is 42.8 Å². The number of hydrogen-bond acceptors (Lipinski definition) is 3. The standard InChI is InChI=1S/C21H24N4O2/c1-3-15-8-4-5-9-16(15)14-24-21(22-2)23-12-13-25-19(26)17-10-6-7-11-18(17)20(25)27/h4-11H,3,12-14H2,1-2H3,(H2,22,23,24). The van der Waals surface area contributed by atoms with Crippen LogP contribution in [0.25, 0.3) is 0 Å². The van der Waals surface area contributed by atoms with Gasteiger partial charge in [0.05, 0.1) is 11.1 Å². The molecule has 0 atom stereocenters. The van der Waals surface area contributed by atoms with Gasteiger partial charge in [-0.2, -0.15) is 0 Å². The smallest absolute Gasteiger partial charge is 0.261 e. The van der Waals surface area contributed by atoms with Crippen molar-refractivity contribution in [2.45, 2.75) is 19.9 Å². The molecule has 1 aliphatic heterocycles. The number of rotatable bonds is 6. The number of imide groups is 1. The number of nitrogens with one attached hydrogen (secondary N) is 2. The van der Waals surface area contributed by atoms with Gasteiger partial charge in [-0.25, -0.2) is 0 Å². The summed E-state index contributed by atoms with van der Waals surface area (Å²) in [6.07, 6.45) is 0.976. The lowest BCUT2D eigenvalue weighted by Crippen LogP contribution is -2.42. The third-order valence-electron chi connectivity index (χ3n) is 4.68. The number of nitrogens with zero attached hydrogens (tertiary/aromatic N) is 2. The Hall–Kier alpha value is -3.15. The third kappa shape index (κ3) is 4.00. The molecule has 0 saturated carbocycles. The van der Waals surface area contributed by atoms with E-state index in [0.717, 1.165) is 6.42 Å². The number of guanidine groups is 1. The lowest BCUT2D eigenvalue weighted by Gasteiger charge is -2.17. The molecule has 140 valence electrons. The van der Waals surface area contributed by atoms with E-state index >= 15 is 0 Å². The lowest BCUT2D eigenvalue weighted by atomic mass is 10.1. The second-order valence-electron chi connectivity index (χ2n) is 6.28. The quantitative estimate of drug-likeness (QED) is 0.468. The summed E-state index contributed by atoms with van der Waals surface area (Å²) in [5, 5.41) is 6.44. The Balaban J connectivity index is 1.52. The van der Waals surface area contributed by atoms with Crippen LogP contribution in [0.4, 0.5) is 0 Å². The van der Waals surface area contributed by atoms with Gasteiger partial charge >= 0.3 is 0 Å². The van der Waals surface area contributed by atoms with Gasteiger partial charge in [0.15, 0.2) is 5.96 Å². The van der Waals surface area contributed by atoms with Crippen molar-refractivity contribution in [2.24, 2.45) is 4.99 Å². The summed E-state index contributed by atoms with van der Waals surface area (Å²) in [6, 6.07) is 15.2. The fourth-order valence-corrected chi connectivity index (χ4v) is 3.20. The van der Waals surface area contributed by atoms with Crippen LogP contribution in [0.2, 0.25) is 0 Å². The molecule has 0 radical (unpaired) electrons. The molecule has 6 heteroatoms. The molecular formula is C21H24N4O2. The molecule has 0 unspecified atom stereocenters. The van der Waals surface area contributed by atoms with Crippen LogP contribution in [0.15, 0.2) is 53.5 Å². The molecule has 1 heterocycles. The van der Waals surface area contributed by atoms with Gasteiger partial charge in [-0.1, -0.05) is 43.3 Å². The van der Waals surface area contributed by atoms with Crippen molar-refractivity contribution < 1.29 is 9.59 Å². The summed E-state index contributed by atoms with van der Waals surface area (Å²) in [5.74, 6) is 0.159. The molecule has 2 N–H and O–H groups in total. The molecule has 27 heavy (non-hydrogen) atoms. The highest BCUT2D eigenvalue weighted by Gasteiger charge is 2.34. The first-order valence-electron chi connectivity index (χ1n) is 9.12. The van der Waals surface area contributed by atoms with Gasteiger partial charge in [0, 0.05) is 26.7 Å². The largest absolute Gasteiger partial charge is 0.355 e. The number of carbonyl (C=O) groups is 2. The molecule has 2 aromatic carbocycles. The maximum absolute atomic E-state index is 12.4. The normalized spacial score (nSPS) is 13.7. The lowest BCUT2D eigenvalue weighted by molar-refractivity contribution is 0.0657. The predicted octanol–water partition coefficient (Wildman–Crippen LogP) is 2.21. The molecule has 2 amide bonds. The molecule has 0 bridgehead atoms. The topological polar surface area (TPSA) is 73.8 Å². The van der Waals surface area contributed by atoms with Crippen LogP contribution in [0.1, 0.15) is 38.8 Å². The van der Waals surface area contributed by atoms with Gasteiger partial charge in [-0.3, -0.25) is 19.5 Å². The van der Waals surface area contributed by atoms with Crippen LogP contribution >= 0.6 is 0 Å². The fraction of sp³-hybridized carbons (Fsp3) is 0.286. The molecular weight excluding hydrogens is 340 g/mol. The van der Waals surface area contributed by atoms with E-state index in [1.165, 1.54) is 16.0 Å². The average molecular weight is 364 g/mol. The molecule has 6 nitrogen and oxygen atoms in total. The first-order chi connectivity index (χ1) is 13.2. The van der Waals surface area contributed by atoms with Crippen molar-refractivity contribution in [3.8, 4) is 0 Å². The molecule has 0 fully saturated rings. The minimum atomic E-state index is -0.239. The number of amides is 2. The van der Waals surface area contributed by atoms with Crippen LogP contribution in [0.3, 0.4) is 0 Å². The summed E-state index contributed by atoms with van der Waals surface area (Å²) in [4.78, 5) is 30.2. The molecule has 0 spiro atoms. The molecule has 3 rings (SSSR count). The highest BCUT2D eigenvalue weighted by molar-refractivity contribution is 6.21. The zero-order valence-corrected chi connectivity index (χ0v) is 15.7. The number of aliphatic imine (C=N–C) groups is 1. The maximum Gasteiger partial charge on any atom is 0.261 e. The first-order valence-corrected chi connectivity index (χ1v) is 9.12. The Labute approximate surface area is 159 Å². The van der Waals surface area contributed by atoms with Crippen molar-refractivity contribution in [2.75, 3.05) is 20.1 Å². The number of aryl methyl sites for hydroxylation is 1. The van der Waals surface area contributed by atoms with Gasteiger partial charge in [0.25, 0.3) is 11.8 Å². The second kappa shape index (κ2) is 8.49. The Bertz CT molecular complexity index is 841. The Morgan fingerprint density at radius 3 is 2.11 bits per heavy atom. The molecule has 0 saturated heterocycles. The van der Waals surface area contributed by atoms with E-state index in [4.69, 9.17) is 0 Å². The van der Waals surface area contributed by atoms with E-state index in [0.29, 0.717) is 36.7 Å². The first kappa shape index (κ1) is 18.6. The number of hydrogen-bond donors (Lipinski definition) is 2. The van der Waals surface area contributed by atoms with E-state index in [1.807, 2.05) is 12.1 Å². The number of carbonyl (C=O) groups excluding carboxylic acids is 2. The van der Waals surface area contributed by atoms with Gasteiger partial charge in [0.2, 0.25) is 0 Å². The van der Waals surface area contributed by atoms with Gasteiger partial charge in [-0.05, 0) is 29.7 Å². The second-order valence-corrected chi connectivity index (χ2v) is 6.28. The number of benzene rings is 2.